The van der Waals surface area contributed by atoms with Crippen LogP contribution in [-0.4, -0.2) is 14.4 Å². The maximum atomic E-state index is 12.2. The molecule has 0 heterocycles. The fourth-order valence-electron chi connectivity index (χ4n) is 3.23. The molecule has 0 aliphatic heterocycles. The first-order valence-electron chi connectivity index (χ1n) is 8.60. The minimum atomic E-state index is -3.70. The van der Waals surface area contributed by atoms with Gasteiger partial charge in [0.2, 0.25) is 10.0 Å². The van der Waals surface area contributed by atoms with E-state index >= 15 is 0 Å². The molecule has 1 unspecified atom stereocenters. The molecule has 26 heavy (non-hydrogen) atoms. The molecule has 138 valence electrons. The van der Waals surface area contributed by atoms with Gasteiger partial charge >= 0.3 is 6.03 Å². The molecule has 0 aromatic heterocycles. The first-order chi connectivity index (χ1) is 12.3. The topological polar surface area (TPSA) is 101 Å². The first-order valence-corrected chi connectivity index (χ1v) is 10.1. The molecule has 3 rings (SSSR count). The van der Waals surface area contributed by atoms with Crippen LogP contribution in [0, 0.1) is 5.92 Å². The lowest BCUT2D eigenvalue weighted by atomic mass is 9.84. The van der Waals surface area contributed by atoms with Gasteiger partial charge in [0.15, 0.2) is 0 Å². The average molecular weight is 373 g/mol. The number of fused-ring (bicyclic) bond motifs is 1. The zero-order valence-corrected chi connectivity index (χ0v) is 15.5. The van der Waals surface area contributed by atoms with Gasteiger partial charge in [-0.2, -0.15) is 0 Å². The third-order valence-corrected chi connectivity index (χ3v) is 5.61. The van der Waals surface area contributed by atoms with Crippen molar-refractivity contribution in [1.82, 2.24) is 5.32 Å². The molecule has 0 saturated carbocycles. The maximum absolute atomic E-state index is 12.2. The van der Waals surface area contributed by atoms with Gasteiger partial charge in [0, 0.05) is 12.2 Å². The molecule has 6 nitrogen and oxygen atoms in total. The van der Waals surface area contributed by atoms with Gasteiger partial charge in [-0.3, -0.25) is 0 Å². The Labute approximate surface area is 153 Å². The molecule has 2 amide bonds. The van der Waals surface area contributed by atoms with E-state index in [0.717, 1.165) is 24.1 Å². The quantitative estimate of drug-likeness (QED) is 0.768. The molecule has 0 spiro atoms. The van der Waals surface area contributed by atoms with Gasteiger partial charge in [-0.15, -0.1) is 0 Å². The summed E-state index contributed by atoms with van der Waals surface area (Å²) in [6.45, 7) is 2.52. The predicted octanol–water partition coefficient (Wildman–Crippen LogP) is 2.78. The highest BCUT2D eigenvalue weighted by molar-refractivity contribution is 7.89. The Morgan fingerprint density at radius 3 is 2.62 bits per heavy atom. The molecule has 1 atom stereocenters. The van der Waals surface area contributed by atoms with Crippen LogP contribution in [0.4, 0.5) is 10.5 Å². The number of hydrogen-bond donors (Lipinski definition) is 3. The first kappa shape index (κ1) is 18.4. The van der Waals surface area contributed by atoms with Crippen LogP contribution in [0.15, 0.2) is 47.4 Å². The molecule has 0 saturated heterocycles. The van der Waals surface area contributed by atoms with Crippen LogP contribution in [0.5, 0.6) is 0 Å². The van der Waals surface area contributed by atoms with E-state index in [0.29, 0.717) is 12.5 Å². The number of aryl methyl sites for hydroxylation is 1. The summed E-state index contributed by atoms with van der Waals surface area (Å²) < 4.78 is 22.5. The van der Waals surface area contributed by atoms with Crippen molar-refractivity contribution in [2.24, 2.45) is 11.1 Å². The predicted molar refractivity (Wildman–Crippen MR) is 101 cm³/mol. The Hall–Kier alpha value is -2.38. The maximum Gasteiger partial charge on any atom is 0.319 e. The number of nitrogens with one attached hydrogen (secondary N) is 2. The molecule has 1 aliphatic carbocycles. The number of carbonyl (C=O) groups excluding carboxylic acids is 1. The summed E-state index contributed by atoms with van der Waals surface area (Å²) in [5.74, 6) is 0.617. The second-order valence-electron chi connectivity index (χ2n) is 6.79. The summed E-state index contributed by atoms with van der Waals surface area (Å²) >= 11 is 0. The second kappa shape index (κ2) is 7.47. The van der Waals surface area contributed by atoms with E-state index in [1.165, 1.54) is 29.7 Å². The molecule has 2 aromatic rings. The van der Waals surface area contributed by atoms with Crippen LogP contribution >= 0.6 is 0 Å². The van der Waals surface area contributed by atoms with E-state index in [1.54, 1.807) is 12.1 Å². The van der Waals surface area contributed by atoms with Crippen LogP contribution in [0.25, 0.3) is 0 Å². The fourth-order valence-corrected chi connectivity index (χ4v) is 3.74. The molecule has 4 N–H and O–H groups in total. The van der Waals surface area contributed by atoms with Crippen LogP contribution < -0.4 is 15.8 Å². The number of carbonyl (C=O) groups is 1. The van der Waals surface area contributed by atoms with Gasteiger partial charge < -0.3 is 10.6 Å². The molecule has 2 aromatic carbocycles. The summed E-state index contributed by atoms with van der Waals surface area (Å²) in [6.07, 6.45) is 3.20. The van der Waals surface area contributed by atoms with Gasteiger partial charge in [0.1, 0.15) is 0 Å². The van der Waals surface area contributed by atoms with Gasteiger partial charge in [-0.05, 0) is 60.1 Å². The van der Waals surface area contributed by atoms with Gasteiger partial charge in [0.25, 0.3) is 0 Å². The number of anilines is 1. The number of rotatable bonds is 4. The van der Waals surface area contributed by atoms with Crippen LogP contribution in [0.3, 0.4) is 0 Å². The summed E-state index contributed by atoms with van der Waals surface area (Å²) in [6, 6.07) is 11.9. The van der Waals surface area contributed by atoms with Crippen molar-refractivity contribution >= 4 is 21.7 Å². The lowest BCUT2D eigenvalue weighted by Crippen LogP contribution is -2.29. The highest BCUT2D eigenvalue weighted by Crippen LogP contribution is 2.30. The highest BCUT2D eigenvalue weighted by atomic mass is 32.2. The zero-order valence-electron chi connectivity index (χ0n) is 14.7. The second-order valence-corrected chi connectivity index (χ2v) is 8.35. The summed E-state index contributed by atoms with van der Waals surface area (Å²) in [5, 5.41) is 10.8. The lowest BCUT2D eigenvalue weighted by molar-refractivity contribution is 0.251. The lowest BCUT2D eigenvalue weighted by Gasteiger charge is -2.24. The molecular formula is C19H23N3O3S. The number of primary sulfonamides is 1. The molecule has 0 radical (unpaired) electrons. The van der Waals surface area contributed by atoms with E-state index in [9.17, 15) is 13.2 Å². The van der Waals surface area contributed by atoms with E-state index in [1.807, 2.05) is 12.1 Å². The largest absolute Gasteiger partial charge is 0.334 e. The molecular weight excluding hydrogens is 350 g/mol. The summed E-state index contributed by atoms with van der Waals surface area (Å²) in [7, 11) is -3.70. The highest BCUT2D eigenvalue weighted by Gasteiger charge is 2.18. The normalized spacial score (nSPS) is 16.6. The van der Waals surface area contributed by atoms with Gasteiger partial charge in [0.05, 0.1) is 4.90 Å². The number of urea groups is 1. The summed E-state index contributed by atoms with van der Waals surface area (Å²) in [4.78, 5) is 12.3. The zero-order chi connectivity index (χ0) is 18.7. The Bertz CT molecular complexity index is 908. The standard InChI is InChI=1S/C19H23N3O3S/c1-13-5-8-15-3-2-4-18(17(15)11-13)22-19(23)21-12-14-6-9-16(10-7-14)26(20,24)25/h2-4,6-7,9-10,13H,5,8,11-12H2,1H3,(H2,20,24,25)(H2,21,22,23). The number of nitrogens with two attached hydrogens (primary N) is 1. The van der Waals surface area contributed by atoms with Crippen LogP contribution in [-0.2, 0) is 29.4 Å². The third kappa shape index (κ3) is 4.42. The Kier molecular flexibility index (Phi) is 5.29. The van der Waals surface area contributed by atoms with E-state index in [-0.39, 0.29) is 10.9 Å². The Balaban J connectivity index is 1.62. The van der Waals surface area contributed by atoms with Gasteiger partial charge in [-0.1, -0.05) is 31.2 Å². The van der Waals surface area contributed by atoms with Crippen molar-refractivity contribution in [3.05, 3.63) is 59.2 Å². The van der Waals surface area contributed by atoms with Crippen molar-refractivity contribution in [1.29, 1.82) is 0 Å². The summed E-state index contributed by atoms with van der Waals surface area (Å²) in [5.41, 5.74) is 4.17. The number of hydrogen-bond acceptors (Lipinski definition) is 3. The molecule has 1 aliphatic rings. The van der Waals surface area contributed by atoms with Crippen molar-refractivity contribution < 1.29 is 13.2 Å². The van der Waals surface area contributed by atoms with Crippen molar-refractivity contribution in [2.45, 2.75) is 37.6 Å². The molecule has 0 bridgehead atoms. The number of sulfonamides is 1. The third-order valence-electron chi connectivity index (χ3n) is 4.69. The van der Waals surface area contributed by atoms with Crippen LogP contribution in [0.2, 0.25) is 0 Å². The Morgan fingerprint density at radius 2 is 1.92 bits per heavy atom. The average Bonchev–Trinajstić information content (AvgIpc) is 2.60. The van der Waals surface area contributed by atoms with Crippen molar-refractivity contribution in [2.75, 3.05) is 5.32 Å². The number of benzene rings is 2. The minimum absolute atomic E-state index is 0.0516. The van der Waals surface area contributed by atoms with Crippen molar-refractivity contribution in [3.63, 3.8) is 0 Å². The SMILES string of the molecule is CC1CCc2cccc(NC(=O)NCc3ccc(S(N)(=O)=O)cc3)c2C1. The Morgan fingerprint density at radius 1 is 1.19 bits per heavy atom. The minimum Gasteiger partial charge on any atom is -0.334 e. The van der Waals surface area contributed by atoms with Gasteiger partial charge in [-0.25, -0.2) is 18.4 Å². The number of amides is 2. The van der Waals surface area contributed by atoms with E-state index < -0.39 is 10.0 Å². The van der Waals surface area contributed by atoms with Crippen LogP contribution in [0.1, 0.15) is 30.0 Å². The monoisotopic (exact) mass is 373 g/mol. The fraction of sp³-hybridized carbons (Fsp3) is 0.316. The van der Waals surface area contributed by atoms with Crippen molar-refractivity contribution in [3.8, 4) is 0 Å². The van der Waals surface area contributed by atoms with E-state index in [4.69, 9.17) is 5.14 Å². The van der Waals surface area contributed by atoms with E-state index in [2.05, 4.69) is 23.6 Å². The molecule has 7 heteroatoms. The smallest absolute Gasteiger partial charge is 0.319 e. The molecule has 0 fully saturated rings.